The molecule has 0 amide bonds. The summed E-state index contributed by atoms with van der Waals surface area (Å²) in [4.78, 5) is 0. The topological polar surface area (TPSA) is 0 Å². The molecule has 1 unspecified atom stereocenters. The van der Waals surface area contributed by atoms with Crippen LogP contribution in [0.25, 0.3) is 0 Å². The van der Waals surface area contributed by atoms with Crippen molar-refractivity contribution in [1.29, 1.82) is 0 Å². The summed E-state index contributed by atoms with van der Waals surface area (Å²) in [6.45, 7) is 0. The molecule has 2 aliphatic rings. The van der Waals surface area contributed by atoms with Gasteiger partial charge in [0.25, 0.3) is 0 Å². The van der Waals surface area contributed by atoms with Crippen LogP contribution < -0.4 is 0 Å². The molecule has 0 N–H and O–H groups in total. The predicted octanol–water partition coefficient (Wildman–Crippen LogP) is 3.79. The van der Waals surface area contributed by atoms with Crippen LogP contribution in [0, 0.1) is 5.92 Å². The molecule has 0 bridgehead atoms. The average molecular weight is 180 g/mol. The van der Waals surface area contributed by atoms with Crippen LogP contribution in [0.1, 0.15) is 38.5 Å². The first-order chi connectivity index (χ1) is 6.31. The van der Waals surface area contributed by atoms with Crippen molar-refractivity contribution < 1.29 is 4.39 Å². The Morgan fingerprint density at radius 1 is 1.08 bits per heavy atom. The fourth-order valence-electron chi connectivity index (χ4n) is 2.50. The van der Waals surface area contributed by atoms with Gasteiger partial charge < -0.3 is 0 Å². The van der Waals surface area contributed by atoms with Crippen molar-refractivity contribution in [2.45, 2.75) is 44.2 Å². The number of halogens is 1. The maximum atomic E-state index is 14.3. The molecule has 13 heavy (non-hydrogen) atoms. The molecule has 0 nitrogen and oxygen atoms in total. The van der Waals surface area contributed by atoms with E-state index in [-0.39, 0.29) is 5.92 Å². The summed E-state index contributed by atoms with van der Waals surface area (Å²) in [7, 11) is 0. The predicted molar refractivity (Wildman–Crippen MR) is 53.3 cm³/mol. The van der Waals surface area contributed by atoms with E-state index in [1.165, 1.54) is 19.3 Å². The maximum absolute atomic E-state index is 14.3. The molecular formula is C12H17F. The minimum Gasteiger partial charge on any atom is -0.239 e. The second-order valence-corrected chi connectivity index (χ2v) is 4.25. The molecule has 0 aromatic rings. The molecule has 0 aliphatic heterocycles. The monoisotopic (exact) mass is 180 g/mol. The number of alkyl halides is 1. The number of rotatable bonds is 1. The van der Waals surface area contributed by atoms with E-state index in [4.69, 9.17) is 0 Å². The molecule has 0 heterocycles. The third-order valence-electron chi connectivity index (χ3n) is 3.34. The molecule has 0 aromatic heterocycles. The summed E-state index contributed by atoms with van der Waals surface area (Å²) in [6.07, 6.45) is 14.0. The molecule has 1 atom stereocenters. The van der Waals surface area contributed by atoms with Crippen molar-refractivity contribution >= 4 is 0 Å². The van der Waals surface area contributed by atoms with Crippen LogP contribution in [0.5, 0.6) is 0 Å². The maximum Gasteiger partial charge on any atom is 0.135 e. The van der Waals surface area contributed by atoms with Gasteiger partial charge in [0.15, 0.2) is 0 Å². The Morgan fingerprint density at radius 3 is 2.46 bits per heavy atom. The normalized spacial score (nSPS) is 35.2. The average Bonchev–Trinajstić information content (AvgIpc) is 2.20. The summed E-state index contributed by atoms with van der Waals surface area (Å²) >= 11 is 0. The molecule has 0 aromatic carbocycles. The van der Waals surface area contributed by atoms with Crippen LogP contribution in [-0.4, -0.2) is 5.67 Å². The first-order valence-corrected chi connectivity index (χ1v) is 5.34. The van der Waals surface area contributed by atoms with Crippen molar-refractivity contribution in [3.8, 4) is 0 Å². The fourth-order valence-corrected chi connectivity index (χ4v) is 2.50. The summed E-state index contributed by atoms with van der Waals surface area (Å²) in [5, 5.41) is 0. The van der Waals surface area contributed by atoms with Crippen LogP contribution in [0.15, 0.2) is 24.3 Å². The molecule has 0 saturated heterocycles. The lowest BCUT2D eigenvalue weighted by atomic mass is 9.75. The van der Waals surface area contributed by atoms with E-state index in [9.17, 15) is 4.39 Å². The zero-order chi connectivity index (χ0) is 9.15. The Labute approximate surface area is 79.5 Å². The lowest BCUT2D eigenvalue weighted by molar-refractivity contribution is 0.106. The smallest absolute Gasteiger partial charge is 0.135 e. The van der Waals surface area contributed by atoms with Crippen LogP contribution in [-0.2, 0) is 0 Å². The van der Waals surface area contributed by atoms with Crippen LogP contribution in [0.2, 0.25) is 0 Å². The van der Waals surface area contributed by atoms with E-state index in [1.807, 2.05) is 18.2 Å². The van der Waals surface area contributed by atoms with Gasteiger partial charge in [0.1, 0.15) is 5.67 Å². The van der Waals surface area contributed by atoms with Gasteiger partial charge in [-0.3, -0.25) is 0 Å². The highest BCUT2D eigenvalue weighted by Crippen LogP contribution is 2.39. The molecule has 1 fully saturated rings. The SMILES string of the molecule is FC1(C2CCCCC2)C=CC=CC1. The zero-order valence-electron chi connectivity index (χ0n) is 8.01. The van der Waals surface area contributed by atoms with E-state index in [1.54, 1.807) is 6.08 Å². The quantitative estimate of drug-likeness (QED) is 0.576. The van der Waals surface area contributed by atoms with Crippen LogP contribution >= 0.6 is 0 Å². The van der Waals surface area contributed by atoms with Gasteiger partial charge in [0, 0.05) is 6.42 Å². The van der Waals surface area contributed by atoms with Gasteiger partial charge >= 0.3 is 0 Å². The lowest BCUT2D eigenvalue weighted by Gasteiger charge is -2.34. The van der Waals surface area contributed by atoms with Crippen molar-refractivity contribution in [2.75, 3.05) is 0 Å². The molecule has 2 rings (SSSR count). The highest BCUT2D eigenvalue weighted by molar-refractivity contribution is 5.19. The van der Waals surface area contributed by atoms with E-state index in [0.29, 0.717) is 6.42 Å². The van der Waals surface area contributed by atoms with E-state index in [2.05, 4.69) is 0 Å². The van der Waals surface area contributed by atoms with Gasteiger partial charge in [-0.2, -0.15) is 0 Å². The van der Waals surface area contributed by atoms with Crippen molar-refractivity contribution in [3.63, 3.8) is 0 Å². The van der Waals surface area contributed by atoms with Crippen LogP contribution in [0.4, 0.5) is 4.39 Å². The molecule has 1 heteroatoms. The van der Waals surface area contributed by atoms with E-state index >= 15 is 0 Å². The highest BCUT2D eigenvalue weighted by atomic mass is 19.1. The molecule has 0 radical (unpaired) electrons. The minimum absolute atomic E-state index is 0.280. The van der Waals surface area contributed by atoms with Gasteiger partial charge in [0.05, 0.1) is 0 Å². The van der Waals surface area contributed by atoms with Gasteiger partial charge in [-0.1, -0.05) is 37.5 Å². The lowest BCUT2D eigenvalue weighted by Crippen LogP contribution is -2.32. The van der Waals surface area contributed by atoms with E-state index < -0.39 is 5.67 Å². The molecular weight excluding hydrogens is 163 g/mol. The Bertz CT molecular complexity index is 223. The standard InChI is InChI=1S/C12H17F/c13-12(9-5-2-6-10-12)11-7-3-1-4-8-11/h2,5-6,9,11H,1,3-4,7-8,10H2. The molecule has 1 saturated carbocycles. The largest absolute Gasteiger partial charge is 0.239 e. The molecule has 72 valence electrons. The number of hydrogen-bond acceptors (Lipinski definition) is 0. The fraction of sp³-hybridized carbons (Fsp3) is 0.667. The third-order valence-corrected chi connectivity index (χ3v) is 3.34. The number of hydrogen-bond donors (Lipinski definition) is 0. The Kier molecular flexibility index (Phi) is 2.52. The Hall–Kier alpha value is -0.590. The molecule has 0 spiro atoms. The summed E-state index contributed by atoms with van der Waals surface area (Å²) < 4.78 is 14.3. The van der Waals surface area contributed by atoms with Crippen molar-refractivity contribution in [2.24, 2.45) is 5.92 Å². The summed E-state index contributed by atoms with van der Waals surface area (Å²) in [5.74, 6) is 0.280. The zero-order valence-corrected chi connectivity index (χ0v) is 8.01. The van der Waals surface area contributed by atoms with Crippen molar-refractivity contribution in [1.82, 2.24) is 0 Å². The van der Waals surface area contributed by atoms with E-state index in [0.717, 1.165) is 12.8 Å². The first kappa shape index (κ1) is 8.98. The third kappa shape index (κ3) is 1.84. The van der Waals surface area contributed by atoms with Crippen LogP contribution in [0.3, 0.4) is 0 Å². The van der Waals surface area contributed by atoms with Gasteiger partial charge in [-0.15, -0.1) is 0 Å². The number of allylic oxidation sites excluding steroid dienone is 4. The summed E-state index contributed by atoms with van der Waals surface area (Å²) in [5.41, 5.74) is -1.02. The summed E-state index contributed by atoms with van der Waals surface area (Å²) in [6, 6.07) is 0. The van der Waals surface area contributed by atoms with Crippen molar-refractivity contribution in [3.05, 3.63) is 24.3 Å². The Morgan fingerprint density at radius 2 is 1.85 bits per heavy atom. The van der Waals surface area contributed by atoms with Gasteiger partial charge in [0.2, 0.25) is 0 Å². The van der Waals surface area contributed by atoms with Gasteiger partial charge in [-0.05, 0) is 24.8 Å². The molecule has 2 aliphatic carbocycles. The second kappa shape index (κ2) is 3.65. The second-order valence-electron chi connectivity index (χ2n) is 4.25. The highest BCUT2D eigenvalue weighted by Gasteiger charge is 2.36. The Balaban J connectivity index is 2.04. The minimum atomic E-state index is -1.02. The van der Waals surface area contributed by atoms with Gasteiger partial charge in [-0.25, -0.2) is 4.39 Å². The first-order valence-electron chi connectivity index (χ1n) is 5.34.